The second-order valence-corrected chi connectivity index (χ2v) is 16.0. The van der Waals surface area contributed by atoms with Crippen LogP contribution in [0.15, 0.2) is 59.9 Å². The van der Waals surface area contributed by atoms with Crippen LogP contribution in [0.1, 0.15) is 70.2 Å². The molecule has 2 fully saturated rings. The summed E-state index contributed by atoms with van der Waals surface area (Å²) in [5, 5.41) is 2.18. The first kappa shape index (κ1) is 35.2. The van der Waals surface area contributed by atoms with Crippen molar-refractivity contribution in [1.29, 1.82) is 0 Å². The lowest BCUT2D eigenvalue weighted by Crippen LogP contribution is -2.54. The summed E-state index contributed by atoms with van der Waals surface area (Å²) in [6.07, 6.45) is 8.38. The van der Waals surface area contributed by atoms with Gasteiger partial charge in [0.25, 0.3) is 0 Å². The summed E-state index contributed by atoms with van der Waals surface area (Å²) in [4.78, 5) is 17.3. The lowest BCUT2D eigenvalue weighted by Gasteiger charge is -2.40. The van der Waals surface area contributed by atoms with Gasteiger partial charge in [0, 0.05) is 24.8 Å². The minimum atomic E-state index is -0.663. The highest BCUT2D eigenvalue weighted by Crippen LogP contribution is 2.42. The first-order valence-corrected chi connectivity index (χ1v) is 18.2. The van der Waals surface area contributed by atoms with Crippen molar-refractivity contribution in [1.82, 2.24) is 19.5 Å². The number of rotatable bonds is 9. The molecular weight excluding hydrogens is 666 g/mol. The van der Waals surface area contributed by atoms with Crippen molar-refractivity contribution in [3.63, 3.8) is 0 Å². The van der Waals surface area contributed by atoms with E-state index < -0.39 is 17.2 Å². The van der Waals surface area contributed by atoms with E-state index in [1.165, 1.54) is 17.2 Å². The van der Waals surface area contributed by atoms with E-state index in [1.54, 1.807) is 31.3 Å². The zero-order valence-corrected chi connectivity index (χ0v) is 31.1. The van der Waals surface area contributed by atoms with E-state index in [2.05, 4.69) is 62.8 Å². The minimum absolute atomic E-state index is 0.0189. The van der Waals surface area contributed by atoms with Crippen LogP contribution >= 0.6 is 11.8 Å². The molecule has 0 radical (unpaired) electrons. The molecule has 0 N–H and O–H groups in total. The Kier molecular flexibility index (Phi) is 9.25. The normalized spacial score (nSPS) is 20.1. The number of fused-ring (bicyclic) bond motifs is 3. The van der Waals surface area contributed by atoms with Crippen molar-refractivity contribution >= 4 is 39.6 Å². The molecule has 0 bridgehead atoms. The molecule has 2 atom stereocenters. The third kappa shape index (κ3) is 7.03. The number of ether oxygens (including phenoxy) is 4. The Hall–Kier alpha value is -4.21. The minimum Gasteiger partial charge on any atom is -0.468 e. The lowest BCUT2D eigenvalue weighted by molar-refractivity contribution is -0.157. The summed E-state index contributed by atoms with van der Waals surface area (Å²) in [6, 6.07) is 15.6. The smallest absolute Gasteiger partial charge is 0.228 e. The van der Waals surface area contributed by atoms with Gasteiger partial charge in [-0.05, 0) is 72.9 Å². The maximum absolute atomic E-state index is 15.1. The van der Waals surface area contributed by atoms with Gasteiger partial charge in [-0.15, -0.1) is 6.42 Å². The first-order valence-electron chi connectivity index (χ1n) is 17.2. The number of methoxy groups -OCH3 is 1. The number of nitrogens with zero attached hydrogens (tertiary/aromatic N) is 5. The average molecular weight is 710 g/mol. The third-order valence-electron chi connectivity index (χ3n) is 9.60. The Balaban J connectivity index is 1.30. The van der Waals surface area contributed by atoms with E-state index in [-0.39, 0.29) is 23.9 Å². The van der Waals surface area contributed by atoms with E-state index in [4.69, 9.17) is 40.3 Å². The highest BCUT2D eigenvalue weighted by Gasteiger charge is 2.53. The van der Waals surface area contributed by atoms with Crippen LogP contribution in [0.25, 0.3) is 21.9 Å². The number of piperidine rings is 1. The molecule has 2 aliphatic heterocycles. The molecule has 0 spiro atoms. The molecule has 0 aliphatic carbocycles. The van der Waals surface area contributed by atoms with Crippen LogP contribution < -0.4 is 9.64 Å². The van der Waals surface area contributed by atoms with Gasteiger partial charge in [-0.2, -0.15) is 4.98 Å². The van der Waals surface area contributed by atoms with Gasteiger partial charge in [-0.25, -0.2) is 14.4 Å². The predicted octanol–water partition coefficient (Wildman–Crippen LogP) is 7.84. The number of terminal acetylenes is 1. The molecule has 4 heterocycles. The maximum Gasteiger partial charge on any atom is 0.228 e. The van der Waals surface area contributed by atoms with Gasteiger partial charge < -0.3 is 28.4 Å². The van der Waals surface area contributed by atoms with Gasteiger partial charge in [-0.1, -0.05) is 68.8 Å². The van der Waals surface area contributed by atoms with Gasteiger partial charge in [0.1, 0.15) is 27.7 Å². The number of halogens is 1. The molecular formula is C40H44FN5O4S. The standard InChI is InChI=1S/C40H44FN5O4S/c1-9-30-31(41)15-12-26-18-29(48-24-47-8)19-27(33(26)30)20-46-23-42-34-35(46)43-37(45-17-16-32-40(7,22-45)50-39(5,6)49-32)44-36(34)51-21-25-10-13-28(14-11-25)38(2,3)4/h1,10-15,18-19,23,32H,16-17,20-22,24H2,2-8H3/t32-,40+/m0/s1. The van der Waals surface area contributed by atoms with Crippen LogP contribution in [-0.2, 0) is 31.9 Å². The van der Waals surface area contributed by atoms with E-state index in [0.29, 0.717) is 53.6 Å². The zero-order chi connectivity index (χ0) is 36.1. The highest BCUT2D eigenvalue weighted by atomic mass is 32.2. The second kappa shape index (κ2) is 13.4. The van der Waals surface area contributed by atoms with Crippen LogP contribution in [0.2, 0.25) is 0 Å². The Morgan fingerprint density at radius 2 is 1.88 bits per heavy atom. The number of hydrogen-bond donors (Lipinski definition) is 0. The van der Waals surface area contributed by atoms with Gasteiger partial charge in [0.15, 0.2) is 18.2 Å². The molecule has 2 aromatic heterocycles. The second-order valence-electron chi connectivity index (χ2n) is 15.0. The van der Waals surface area contributed by atoms with E-state index >= 15 is 4.39 Å². The Labute approximate surface area is 302 Å². The van der Waals surface area contributed by atoms with Gasteiger partial charge in [0.05, 0.1) is 31.1 Å². The number of benzene rings is 3. The summed E-state index contributed by atoms with van der Waals surface area (Å²) < 4.78 is 40.7. The predicted molar refractivity (Wildman–Crippen MR) is 199 cm³/mol. The Bertz CT molecular complexity index is 2140. The molecule has 2 saturated heterocycles. The van der Waals surface area contributed by atoms with Crippen LogP contribution in [-0.4, -0.2) is 64.0 Å². The van der Waals surface area contributed by atoms with Crippen LogP contribution in [0, 0.1) is 18.2 Å². The van der Waals surface area contributed by atoms with Crippen molar-refractivity contribution in [2.75, 3.05) is 31.9 Å². The maximum atomic E-state index is 15.1. The van der Waals surface area contributed by atoms with Crippen molar-refractivity contribution < 1.29 is 23.3 Å². The SMILES string of the molecule is C#Cc1c(F)ccc2cc(OCOC)cc(Cn3cnc4c(SCc5ccc(C(C)(C)C)cc5)nc(N5CC[C@@H]6OC(C)(C)O[C@]6(C)C5)nc43)c12. The summed E-state index contributed by atoms with van der Waals surface area (Å²) in [5.41, 5.74) is 4.37. The van der Waals surface area contributed by atoms with Crippen LogP contribution in [0.3, 0.4) is 0 Å². The fourth-order valence-corrected chi connectivity index (χ4v) is 8.12. The topological polar surface area (TPSA) is 83.8 Å². The summed E-state index contributed by atoms with van der Waals surface area (Å²) in [5.74, 6) is 3.34. The number of imidazole rings is 1. The molecule has 0 saturated carbocycles. The van der Waals surface area contributed by atoms with Gasteiger partial charge >= 0.3 is 0 Å². The monoisotopic (exact) mass is 709 g/mol. The molecule has 9 nitrogen and oxygen atoms in total. The average Bonchev–Trinajstić information content (AvgIpc) is 3.60. The molecule has 11 heteroatoms. The van der Waals surface area contributed by atoms with E-state index in [0.717, 1.165) is 22.4 Å². The number of hydrogen-bond acceptors (Lipinski definition) is 9. The molecule has 2 aliphatic rings. The zero-order valence-electron chi connectivity index (χ0n) is 30.2. The lowest BCUT2D eigenvalue weighted by atomic mass is 9.87. The summed E-state index contributed by atoms with van der Waals surface area (Å²) >= 11 is 1.64. The number of aromatic nitrogens is 4. The molecule has 7 rings (SSSR count). The fourth-order valence-electron chi connectivity index (χ4n) is 7.19. The quantitative estimate of drug-likeness (QED) is 0.0658. The number of thioether (sulfide) groups is 1. The fraction of sp³-hybridized carbons (Fsp3) is 0.425. The largest absolute Gasteiger partial charge is 0.468 e. The molecule has 266 valence electrons. The van der Waals surface area contributed by atoms with Crippen LogP contribution in [0.5, 0.6) is 5.75 Å². The van der Waals surface area contributed by atoms with Crippen molar-refractivity contribution in [3.05, 3.63) is 82.9 Å². The molecule has 0 unspecified atom stereocenters. The van der Waals surface area contributed by atoms with Crippen molar-refractivity contribution in [2.24, 2.45) is 0 Å². The third-order valence-corrected chi connectivity index (χ3v) is 10.6. The first-order chi connectivity index (χ1) is 24.3. The van der Waals surface area contributed by atoms with Crippen molar-refractivity contribution in [2.45, 2.75) is 88.2 Å². The highest BCUT2D eigenvalue weighted by molar-refractivity contribution is 7.98. The molecule has 3 aromatic carbocycles. The summed E-state index contributed by atoms with van der Waals surface area (Å²) in [7, 11) is 1.56. The van der Waals surface area contributed by atoms with Crippen molar-refractivity contribution in [3.8, 4) is 18.1 Å². The van der Waals surface area contributed by atoms with E-state index in [9.17, 15) is 0 Å². The molecule has 0 amide bonds. The van der Waals surface area contributed by atoms with Gasteiger partial charge in [-0.3, -0.25) is 0 Å². The van der Waals surface area contributed by atoms with Crippen LogP contribution in [0.4, 0.5) is 10.3 Å². The van der Waals surface area contributed by atoms with Gasteiger partial charge in [0.2, 0.25) is 5.95 Å². The molecule has 51 heavy (non-hydrogen) atoms. The Morgan fingerprint density at radius 1 is 1.10 bits per heavy atom. The molecule has 5 aromatic rings. The summed E-state index contributed by atoms with van der Waals surface area (Å²) in [6.45, 7) is 14.3. The Morgan fingerprint density at radius 3 is 2.61 bits per heavy atom. The van der Waals surface area contributed by atoms with E-state index in [1.807, 2.05) is 30.5 Å². The number of anilines is 1.